The van der Waals surface area contributed by atoms with Gasteiger partial charge in [0.2, 0.25) is 0 Å². The minimum absolute atomic E-state index is 0.176. The smallest absolute Gasteiger partial charge is 0.136 e. The molecule has 92 valence electrons. The van der Waals surface area contributed by atoms with Crippen molar-refractivity contribution in [3.05, 3.63) is 33.8 Å². The van der Waals surface area contributed by atoms with E-state index in [0.717, 1.165) is 37.7 Å². The summed E-state index contributed by atoms with van der Waals surface area (Å²) in [4.78, 5) is 11.9. The van der Waals surface area contributed by atoms with Crippen LogP contribution in [-0.4, -0.2) is 5.78 Å². The number of hydrogen-bond donors (Lipinski definition) is 0. The molecule has 0 spiro atoms. The number of hydrogen-bond acceptors (Lipinski definition) is 1. The third-order valence-electron chi connectivity index (χ3n) is 3.40. The zero-order valence-corrected chi connectivity index (χ0v) is 11.2. The Hall–Kier alpha value is -0.530. The number of rotatable bonds is 2. The Balaban J connectivity index is 2.08. The minimum atomic E-state index is 0.176. The van der Waals surface area contributed by atoms with Crippen LogP contribution >= 0.6 is 23.2 Å². The molecule has 1 nitrogen and oxygen atoms in total. The highest BCUT2D eigenvalue weighted by molar-refractivity contribution is 6.42. The topological polar surface area (TPSA) is 17.1 Å². The summed E-state index contributed by atoms with van der Waals surface area (Å²) in [5.74, 6) is 0.586. The van der Waals surface area contributed by atoms with Crippen molar-refractivity contribution < 1.29 is 4.79 Å². The molecule has 0 amide bonds. The molecular weight excluding hydrogens is 255 g/mol. The molecule has 2 rings (SSSR count). The summed E-state index contributed by atoms with van der Waals surface area (Å²) in [5, 5.41) is 1.15. The van der Waals surface area contributed by atoms with Gasteiger partial charge in [0, 0.05) is 12.3 Å². The Morgan fingerprint density at radius 3 is 2.71 bits per heavy atom. The van der Waals surface area contributed by atoms with Crippen LogP contribution in [0.25, 0.3) is 0 Å². The summed E-state index contributed by atoms with van der Waals surface area (Å²) >= 11 is 11.9. The first kappa shape index (κ1) is 12.9. The molecule has 1 aliphatic carbocycles. The van der Waals surface area contributed by atoms with Crippen LogP contribution in [0.2, 0.25) is 10.0 Å². The fourth-order valence-electron chi connectivity index (χ4n) is 2.40. The average Bonchev–Trinajstić information content (AvgIpc) is 2.50. The van der Waals surface area contributed by atoms with Crippen molar-refractivity contribution in [1.82, 2.24) is 0 Å². The van der Waals surface area contributed by atoms with Crippen LogP contribution in [0.1, 0.15) is 37.7 Å². The standard InChI is InChI=1S/C14H16Cl2O/c15-12-7-6-10(9-13(12)16)8-11-4-2-1-3-5-14(11)17/h6-7,9,11H,1-5,8H2. The molecule has 0 N–H and O–H groups in total. The van der Waals surface area contributed by atoms with Gasteiger partial charge in [-0.2, -0.15) is 0 Å². The van der Waals surface area contributed by atoms with Crippen molar-refractivity contribution in [2.45, 2.75) is 38.5 Å². The molecule has 0 heterocycles. The maximum atomic E-state index is 11.9. The molecule has 3 heteroatoms. The zero-order chi connectivity index (χ0) is 12.3. The average molecular weight is 271 g/mol. The van der Waals surface area contributed by atoms with Gasteiger partial charge in [-0.1, -0.05) is 42.1 Å². The number of ketones is 1. The summed E-state index contributed by atoms with van der Waals surface area (Å²) < 4.78 is 0. The molecule has 0 bridgehead atoms. The predicted octanol–water partition coefficient (Wildman–Crippen LogP) is 4.69. The third-order valence-corrected chi connectivity index (χ3v) is 4.14. The summed E-state index contributed by atoms with van der Waals surface area (Å²) in [6.45, 7) is 0. The van der Waals surface area contributed by atoms with Gasteiger partial charge in [0.15, 0.2) is 0 Å². The van der Waals surface area contributed by atoms with E-state index in [1.807, 2.05) is 12.1 Å². The molecule has 1 aromatic rings. The SMILES string of the molecule is O=C1CCCCCC1Cc1ccc(Cl)c(Cl)c1. The molecule has 17 heavy (non-hydrogen) atoms. The van der Waals surface area contributed by atoms with Crippen molar-refractivity contribution in [3.63, 3.8) is 0 Å². The molecular formula is C14H16Cl2O. The predicted molar refractivity (Wildman–Crippen MR) is 71.7 cm³/mol. The number of halogens is 2. The van der Waals surface area contributed by atoms with Gasteiger partial charge in [-0.05, 0) is 37.0 Å². The lowest BCUT2D eigenvalue weighted by molar-refractivity contribution is -0.122. The highest BCUT2D eigenvalue weighted by Gasteiger charge is 2.21. The highest BCUT2D eigenvalue weighted by atomic mass is 35.5. The monoisotopic (exact) mass is 270 g/mol. The summed E-state index contributed by atoms with van der Waals surface area (Å²) in [7, 11) is 0. The van der Waals surface area contributed by atoms with Crippen molar-refractivity contribution in [2.24, 2.45) is 5.92 Å². The van der Waals surface area contributed by atoms with Crippen molar-refractivity contribution in [2.75, 3.05) is 0 Å². The third kappa shape index (κ3) is 3.46. The van der Waals surface area contributed by atoms with Crippen LogP contribution < -0.4 is 0 Å². The van der Waals surface area contributed by atoms with E-state index in [2.05, 4.69) is 0 Å². The second-order valence-electron chi connectivity index (χ2n) is 4.72. The molecule has 0 radical (unpaired) electrons. The van der Waals surface area contributed by atoms with Crippen LogP contribution in [-0.2, 0) is 11.2 Å². The van der Waals surface area contributed by atoms with Gasteiger partial charge in [-0.3, -0.25) is 4.79 Å². The van der Waals surface area contributed by atoms with Gasteiger partial charge in [-0.15, -0.1) is 0 Å². The molecule has 0 aliphatic heterocycles. The van der Waals surface area contributed by atoms with E-state index < -0.39 is 0 Å². The molecule has 1 aliphatic rings. The second kappa shape index (κ2) is 5.88. The number of carbonyl (C=O) groups is 1. The molecule has 1 aromatic carbocycles. The molecule has 0 aromatic heterocycles. The molecule has 1 unspecified atom stereocenters. The van der Waals surface area contributed by atoms with E-state index in [9.17, 15) is 4.79 Å². The van der Waals surface area contributed by atoms with Crippen molar-refractivity contribution in [1.29, 1.82) is 0 Å². The van der Waals surface area contributed by atoms with Gasteiger partial charge in [-0.25, -0.2) is 0 Å². The largest absolute Gasteiger partial charge is 0.299 e. The fraction of sp³-hybridized carbons (Fsp3) is 0.500. The van der Waals surface area contributed by atoms with E-state index in [1.165, 1.54) is 6.42 Å². The number of carbonyl (C=O) groups excluding carboxylic acids is 1. The molecule has 1 saturated carbocycles. The fourth-order valence-corrected chi connectivity index (χ4v) is 2.72. The minimum Gasteiger partial charge on any atom is -0.299 e. The Morgan fingerprint density at radius 1 is 1.12 bits per heavy atom. The first-order valence-corrected chi connectivity index (χ1v) is 6.89. The maximum absolute atomic E-state index is 11.9. The summed E-state index contributed by atoms with van der Waals surface area (Å²) in [6, 6.07) is 5.65. The maximum Gasteiger partial charge on any atom is 0.136 e. The van der Waals surface area contributed by atoms with E-state index in [0.29, 0.717) is 15.8 Å². The van der Waals surface area contributed by atoms with Crippen LogP contribution in [0.4, 0.5) is 0 Å². The lowest BCUT2D eigenvalue weighted by atomic mass is 9.91. The highest BCUT2D eigenvalue weighted by Crippen LogP contribution is 2.27. The van der Waals surface area contributed by atoms with E-state index in [-0.39, 0.29) is 5.92 Å². The Kier molecular flexibility index (Phi) is 4.47. The van der Waals surface area contributed by atoms with Crippen LogP contribution in [0.5, 0.6) is 0 Å². The quantitative estimate of drug-likeness (QED) is 0.713. The van der Waals surface area contributed by atoms with Gasteiger partial charge in [0.1, 0.15) is 5.78 Å². The van der Waals surface area contributed by atoms with Gasteiger partial charge < -0.3 is 0 Å². The first-order valence-electron chi connectivity index (χ1n) is 6.13. The van der Waals surface area contributed by atoms with E-state index >= 15 is 0 Å². The summed E-state index contributed by atoms with van der Waals surface area (Å²) in [6.07, 6.45) is 5.96. The summed E-state index contributed by atoms with van der Waals surface area (Å²) in [5.41, 5.74) is 1.11. The second-order valence-corrected chi connectivity index (χ2v) is 5.53. The van der Waals surface area contributed by atoms with Gasteiger partial charge in [0.25, 0.3) is 0 Å². The Morgan fingerprint density at radius 2 is 1.94 bits per heavy atom. The lowest BCUT2D eigenvalue weighted by Gasteiger charge is -2.13. The number of Topliss-reactive ketones (excluding diaryl/α,β-unsaturated/α-hetero) is 1. The van der Waals surface area contributed by atoms with Crippen LogP contribution in [0.15, 0.2) is 18.2 Å². The van der Waals surface area contributed by atoms with Crippen molar-refractivity contribution >= 4 is 29.0 Å². The Bertz CT molecular complexity index is 415. The van der Waals surface area contributed by atoms with Crippen LogP contribution in [0, 0.1) is 5.92 Å². The normalized spacial score (nSPS) is 21.3. The van der Waals surface area contributed by atoms with Crippen molar-refractivity contribution in [3.8, 4) is 0 Å². The van der Waals surface area contributed by atoms with E-state index in [1.54, 1.807) is 6.07 Å². The van der Waals surface area contributed by atoms with Gasteiger partial charge >= 0.3 is 0 Å². The number of benzene rings is 1. The van der Waals surface area contributed by atoms with E-state index in [4.69, 9.17) is 23.2 Å². The van der Waals surface area contributed by atoms with Crippen LogP contribution in [0.3, 0.4) is 0 Å². The first-order chi connectivity index (χ1) is 8.16. The zero-order valence-electron chi connectivity index (χ0n) is 9.72. The Labute approximate surface area is 112 Å². The van der Waals surface area contributed by atoms with Gasteiger partial charge in [0.05, 0.1) is 10.0 Å². The molecule has 0 saturated heterocycles. The molecule has 1 atom stereocenters. The molecule has 1 fully saturated rings. The lowest BCUT2D eigenvalue weighted by Crippen LogP contribution is -2.15.